The van der Waals surface area contributed by atoms with E-state index in [1.807, 2.05) is 54.8 Å². The van der Waals surface area contributed by atoms with Gasteiger partial charge in [-0.25, -0.2) is 4.98 Å². The number of hydrogen-bond donors (Lipinski definition) is 1. The van der Waals surface area contributed by atoms with Crippen LogP contribution in [0.25, 0.3) is 10.2 Å². The summed E-state index contributed by atoms with van der Waals surface area (Å²) >= 11 is 8.94. The second-order valence-corrected chi connectivity index (χ2v) is 8.28. The molecule has 0 aliphatic rings. The number of thiazole rings is 1. The molecule has 4 aromatic rings. The van der Waals surface area contributed by atoms with Gasteiger partial charge in [0.1, 0.15) is 12.4 Å². The molecule has 7 heteroatoms. The van der Waals surface area contributed by atoms with E-state index < -0.39 is 0 Å². The van der Waals surface area contributed by atoms with Crippen LogP contribution in [0, 0.1) is 6.92 Å². The molecule has 0 spiro atoms. The molecular formula is C20H15ClN2O2S2. The van der Waals surface area contributed by atoms with Gasteiger partial charge in [-0.1, -0.05) is 47.2 Å². The van der Waals surface area contributed by atoms with Crippen molar-refractivity contribution >= 4 is 55.5 Å². The van der Waals surface area contributed by atoms with Crippen LogP contribution in [-0.2, 0) is 6.61 Å². The summed E-state index contributed by atoms with van der Waals surface area (Å²) in [7, 11) is 0. The van der Waals surface area contributed by atoms with E-state index >= 15 is 0 Å². The molecule has 0 fully saturated rings. The fourth-order valence-electron chi connectivity index (χ4n) is 2.59. The largest absolute Gasteiger partial charge is 0.487 e. The highest BCUT2D eigenvalue weighted by Gasteiger charge is 2.13. The van der Waals surface area contributed by atoms with Crippen molar-refractivity contribution in [2.24, 2.45) is 0 Å². The summed E-state index contributed by atoms with van der Waals surface area (Å²) in [5.74, 6) is 0.460. The molecule has 4 rings (SSSR count). The van der Waals surface area contributed by atoms with Crippen molar-refractivity contribution in [3.8, 4) is 5.75 Å². The normalized spacial score (nSPS) is 10.9. The average Bonchev–Trinajstić information content (AvgIpc) is 3.28. The lowest BCUT2D eigenvalue weighted by atomic mass is 10.2. The molecule has 0 aliphatic heterocycles. The van der Waals surface area contributed by atoms with Gasteiger partial charge in [-0.2, -0.15) is 0 Å². The predicted octanol–water partition coefficient (Wildman–Crippen LogP) is 6.15. The standard InChI is InChI=1S/C20H15ClN2O2S2/c1-12-5-4-8-16-18(12)22-20(27-16)23-19(24)17-9-13(11-26-17)10-25-15-7-3-2-6-14(15)21/h2-9,11H,10H2,1H3,(H,22,23,24). The topological polar surface area (TPSA) is 51.2 Å². The van der Waals surface area contributed by atoms with E-state index in [2.05, 4.69) is 10.3 Å². The molecule has 0 radical (unpaired) electrons. The lowest BCUT2D eigenvalue weighted by Crippen LogP contribution is -2.09. The van der Waals surface area contributed by atoms with E-state index in [-0.39, 0.29) is 5.91 Å². The molecule has 0 saturated heterocycles. The molecule has 2 aromatic heterocycles. The fraction of sp³-hybridized carbons (Fsp3) is 0.100. The highest BCUT2D eigenvalue weighted by Crippen LogP contribution is 2.29. The summed E-state index contributed by atoms with van der Waals surface area (Å²) < 4.78 is 6.78. The first-order valence-electron chi connectivity index (χ1n) is 8.22. The number of benzene rings is 2. The molecule has 2 aromatic carbocycles. The second-order valence-electron chi connectivity index (χ2n) is 5.93. The maximum Gasteiger partial charge on any atom is 0.267 e. The van der Waals surface area contributed by atoms with Gasteiger partial charge in [-0.15, -0.1) is 11.3 Å². The fourth-order valence-corrected chi connectivity index (χ4v) is 4.51. The van der Waals surface area contributed by atoms with Crippen molar-refractivity contribution in [2.75, 3.05) is 5.32 Å². The molecule has 0 bridgehead atoms. The Labute approximate surface area is 169 Å². The molecule has 136 valence electrons. The van der Waals surface area contributed by atoms with Crippen LogP contribution in [0.15, 0.2) is 53.9 Å². The number of aromatic nitrogens is 1. The van der Waals surface area contributed by atoms with Crippen molar-refractivity contribution in [3.63, 3.8) is 0 Å². The predicted molar refractivity (Wildman–Crippen MR) is 112 cm³/mol. The number of carbonyl (C=O) groups excluding carboxylic acids is 1. The quantitative estimate of drug-likeness (QED) is 0.426. The van der Waals surface area contributed by atoms with E-state index in [9.17, 15) is 4.79 Å². The van der Waals surface area contributed by atoms with E-state index in [0.29, 0.717) is 27.4 Å². The summed E-state index contributed by atoms with van der Waals surface area (Å²) in [6.07, 6.45) is 0. The molecule has 1 amide bonds. The summed E-state index contributed by atoms with van der Waals surface area (Å²) in [6.45, 7) is 2.37. The van der Waals surface area contributed by atoms with Crippen molar-refractivity contribution in [2.45, 2.75) is 13.5 Å². The van der Waals surface area contributed by atoms with Gasteiger partial charge in [0.2, 0.25) is 0 Å². The number of halogens is 1. The van der Waals surface area contributed by atoms with E-state index in [1.165, 1.54) is 22.7 Å². The van der Waals surface area contributed by atoms with E-state index in [0.717, 1.165) is 21.3 Å². The molecule has 0 saturated carbocycles. The first-order valence-corrected chi connectivity index (χ1v) is 10.3. The second kappa shape index (κ2) is 7.68. The number of hydrogen-bond acceptors (Lipinski definition) is 5. The monoisotopic (exact) mass is 414 g/mol. The zero-order valence-corrected chi connectivity index (χ0v) is 16.8. The van der Waals surface area contributed by atoms with Crippen LogP contribution >= 0.6 is 34.3 Å². The van der Waals surface area contributed by atoms with E-state index in [1.54, 1.807) is 6.07 Å². The number of nitrogens with zero attached hydrogens (tertiary/aromatic N) is 1. The molecular weight excluding hydrogens is 400 g/mol. The van der Waals surface area contributed by atoms with Gasteiger partial charge in [0, 0.05) is 5.56 Å². The van der Waals surface area contributed by atoms with Crippen molar-refractivity contribution in [3.05, 3.63) is 74.9 Å². The van der Waals surface area contributed by atoms with Crippen LogP contribution in [0.4, 0.5) is 5.13 Å². The number of aryl methyl sites for hydroxylation is 1. The number of para-hydroxylation sites is 2. The number of ether oxygens (including phenoxy) is 1. The SMILES string of the molecule is Cc1cccc2sc(NC(=O)c3cc(COc4ccccc4Cl)cs3)nc12. The molecule has 2 heterocycles. The van der Waals surface area contributed by atoms with Gasteiger partial charge in [0.25, 0.3) is 5.91 Å². The van der Waals surface area contributed by atoms with Gasteiger partial charge >= 0.3 is 0 Å². The number of rotatable bonds is 5. The summed E-state index contributed by atoms with van der Waals surface area (Å²) in [6, 6.07) is 15.2. The Balaban J connectivity index is 1.43. The van der Waals surface area contributed by atoms with E-state index in [4.69, 9.17) is 16.3 Å². The number of anilines is 1. The number of fused-ring (bicyclic) bond motifs is 1. The number of thiophene rings is 1. The first kappa shape index (κ1) is 18.0. The Morgan fingerprint density at radius 2 is 2.07 bits per heavy atom. The Morgan fingerprint density at radius 3 is 2.89 bits per heavy atom. The molecule has 4 nitrogen and oxygen atoms in total. The number of carbonyl (C=O) groups is 1. The van der Waals surface area contributed by atoms with Gasteiger partial charge in [0.05, 0.1) is 20.1 Å². The molecule has 0 unspecified atom stereocenters. The third-order valence-electron chi connectivity index (χ3n) is 3.95. The van der Waals surface area contributed by atoms with Gasteiger partial charge in [0.15, 0.2) is 5.13 Å². The Morgan fingerprint density at radius 1 is 1.22 bits per heavy atom. The lowest BCUT2D eigenvalue weighted by molar-refractivity contribution is 0.103. The smallest absolute Gasteiger partial charge is 0.267 e. The van der Waals surface area contributed by atoms with Crippen molar-refractivity contribution in [1.29, 1.82) is 0 Å². The maximum absolute atomic E-state index is 12.5. The third-order valence-corrected chi connectivity index (χ3v) is 6.18. The molecule has 0 atom stereocenters. The van der Waals surface area contributed by atoms with Crippen molar-refractivity contribution in [1.82, 2.24) is 4.98 Å². The molecule has 27 heavy (non-hydrogen) atoms. The third kappa shape index (κ3) is 3.98. The van der Waals surface area contributed by atoms with Crippen LogP contribution < -0.4 is 10.1 Å². The van der Waals surface area contributed by atoms with Gasteiger partial charge in [-0.05, 0) is 42.1 Å². The summed E-state index contributed by atoms with van der Waals surface area (Å²) in [4.78, 5) is 17.7. The van der Waals surface area contributed by atoms with Crippen LogP contribution in [0.2, 0.25) is 5.02 Å². The van der Waals surface area contributed by atoms with Crippen molar-refractivity contribution < 1.29 is 9.53 Å². The average molecular weight is 415 g/mol. The van der Waals surface area contributed by atoms with Crippen LogP contribution in [0.5, 0.6) is 5.75 Å². The maximum atomic E-state index is 12.5. The zero-order valence-electron chi connectivity index (χ0n) is 14.4. The Bertz CT molecular complexity index is 1120. The Kier molecular flexibility index (Phi) is 5.11. The minimum absolute atomic E-state index is 0.166. The molecule has 0 aliphatic carbocycles. The minimum Gasteiger partial charge on any atom is -0.487 e. The van der Waals surface area contributed by atoms with Crippen LogP contribution in [-0.4, -0.2) is 10.9 Å². The van der Waals surface area contributed by atoms with Gasteiger partial charge in [-0.3, -0.25) is 10.1 Å². The number of amides is 1. The summed E-state index contributed by atoms with van der Waals surface area (Å²) in [5.41, 5.74) is 2.95. The highest BCUT2D eigenvalue weighted by molar-refractivity contribution is 7.22. The van der Waals surface area contributed by atoms with Crippen LogP contribution in [0.3, 0.4) is 0 Å². The minimum atomic E-state index is -0.166. The zero-order chi connectivity index (χ0) is 18.8. The molecule has 1 N–H and O–H groups in total. The number of nitrogens with one attached hydrogen (secondary N) is 1. The summed E-state index contributed by atoms with van der Waals surface area (Å²) in [5, 5.41) is 5.97. The van der Waals surface area contributed by atoms with Crippen LogP contribution in [0.1, 0.15) is 20.8 Å². The Hall–Kier alpha value is -2.41. The lowest BCUT2D eigenvalue weighted by Gasteiger charge is -2.06. The van der Waals surface area contributed by atoms with Gasteiger partial charge < -0.3 is 4.74 Å². The highest BCUT2D eigenvalue weighted by atomic mass is 35.5. The first-order chi connectivity index (χ1) is 13.1.